The molecular formula is C24H29N5O3. The molecule has 2 heterocycles. The van der Waals surface area contributed by atoms with Gasteiger partial charge < -0.3 is 10.2 Å². The van der Waals surface area contributed by atoms with Crippen LogP contribution in [0.5, 0.6) is 0 Å². The van der Waals surface area contributed by atoms with Gasteiger partial charge in [-0.3, -0.25) is 19.9 Å². The number of carbonyl (C=O) groups is 3. The van der Waals surface area contributed by atoms with Gasteiger partial charge in [0.1, 0.15) is 5.54 Å². The van der Waals surface area contributed by atoms with E-state index >= 15 is 0 Å². The molecule has 0 saturated carbocycles. The summed E-state index contributed by atoms with van der Waals surface area (Å²) in [5.74, 6) is -0.934. The Kier molecular flexibility index (Phi) is 6.14. The molecule has 4 rings (SSSR count). The number of likely N-dealkylation sites (N-methyl/N-ethyl adjacent to an activating group) is 1. The molecule has 0 aliphatic carbocycles. The fourth-order valence-electron chi connectivity index (χ4n) is 4.37. The summed E-state index contributed by atoms with van der Waals surface area (Å²) in [6.45, 7) is 4.37. The number of anilines is 1. The Bertz CT molecular complexity index is 1010. The molecule has 8 heteroatoms. The van der Waals surface area contributed by atoms with Gasteiger partial charge in [0, 0.05) is 25.3 Å². The predicted octanol–water partition coefficient (Wildman–Crippen LogP) is 2.22. The van der Waals surface area contributed by atoms with E-state index < -0.39 is 23.4 Å². The highest BCUT2D eigenvalue weighted by Gasteiger charge is 2.49. The van der Waals surface area contributed by atoms with Crippen LogP contribution in [-0.4, -0.2) is 54.4 Å². The van der Waals surface area contributed by atoms with Crippen molar-refractivity contribution < 1.29 is 14.4 Å². The van der Waals surface area contributed by atoms with Crippen molar-refractivity contribution >= 4 is 23.5 Å². The van der Waals surface area contributed by atoms with Crippen molar-refractivity contribution in [3.8, 4) is 0 Å². The number of benzene rings is 2. The maximum Gasteiger partial charge on any atom is 0.344 e. The van der Waals surface area contributed by atoms with Crippen molar-refractivity contribution in [3.05, 3.63) is 65.7 Å². The molecule has 32 heavy (non-hydrogen) atoms. The van der Waals surface area contributed by atoms with Gasteiger partial charge >= 0.3 is 6.03 Å². The zero-order valence-corrected chi connectivity index (χ0v) is 18.5. The van der Waals surface area contributed by atoms with E-state index in [4.69, 9.17) is 0 Å². The number of hydrogen-bond donors (Lipinski definition) is 2. The topological polar surface area (TPSA) is 85.0 Å². The molecule has 0 bridgehead atoms. The second-order valence-electron chi connectivity index (χ2n) is 8.59. The fraction of sp³-hybridized carbons (Fsp3) is 0.375. The lowest BCUT2D eigenvalue weighted by molar-refractivity contribution is -0.139. The molecule has 1 atom stereocenters. The maximum absolute atomic E-state index is 13.0. The third-order valence-electron chi connectivity index (χ3n) is 6.07. The second kappa shape index (κ2) is 9.00. The second-order valence-corrected chi connectivity index (χ2v) is 8.59. The van der Waals surface area contributed by atoms with Crippen molar-refractivity contribution in [2.45, 2.75) is 31.8 Å². The number of rotatable bonds is 7. The maximum atomic E-state index is 13.0. The SMILES string of the molecule is CN(CC(=O)NN1C(=O)N[C@@](C)(c2ccccc2)C1=O)Cc1ccccc1N1CCCC1. The Balaban J connectivity index is 1.38. The van der Waals surface area contributed by atoms with E-state index in [0.29, 0.717) is 12.1 Å². The Hall–Kier alpha value is -3.39. The Morgan fingerprint density at radius 1 is 1.06 bits per heavy atom. The first kappa shape index (κ1) is 21.8. The molecule has 2 aromatic rings. The number of carbonyl (C=O) groups excluding carboxylic acids is 3. The average molecular weight is 436 g/mol. The first-order valence-electron chi connectivity index (χ1n) is 10.9. The lowest BCUT2D eigenvalue weighted by Gasteiger charge is -2.25. The molecule has 8 nitrogen and oxygen atoms in total. The third kappa shape index (κ3) is 4.31. The summed E-state index contributed by atoms with van der Waals surface area (Å²) in [4.78, 5) is 42.3. The molecule has 0 spiro atoms. The summed E-state index contributed by atoms with van der Waals surface area (Å²) >= 11 is 0. The van der Waals surface area contributed by atoms with Crippen LogP contribution in [0.4, 0.5) is 10.5 Å². The summed E-state index contributed by atoms with van der Waals surface area (Å²) in [6, 6.07) is 16.6. The van der Waals surface area contributed by atoms with E-state index in [1.807, 2.05) is 30.1 Å². The largest absolute Gasteiger partial charge is 0.371 e. The van der Waals surface area contributed by atoms with Gasteiger partial charge in [0.05, 0.1) is 6.54 Å². The van der Waals surface area contributed by atoms with Crippen LogP contribution in [0.15, 0.2) is 54.6 Å². The lowest BCUT2D eigenvalue weighted by Crippen LogP contribution is -2.50. The lowest BCUT2D eigenvalue weighted by atomic mass is 9.92. The van der Waals surface area contributed by atoms with Gasteiger partial charge in [-0.05, 0) is 44.0 Å². The van der Waals surface area contributed by atoms with Crippen LogP contribution >= 0.6 is 0 Å². The quantitative estimate of drug-likeness (QED) is 0.652. The number of hydrazine groups is 1. The summed E-state index contributed by atoms with van der Waals surface area (Å²) in [5.41, 5.74) is 4.26. The fourth-order valence-corrected chi connectivity index (χ4v) is 4.37. The van der Waals surface area contributed by atoms with E-state index in [1.165, 1.54) is 18.5 Å². The summed E-state index contributed by atoms with van der Waals surface area (Å²) < 4.78 is 0. The molecule has 2 N–H and O–H groups in total. The molecule has 2 aliphatic rings. The van der Waals surface area contributed by atoms with E-state index in [0.717, 1.165) is 23.7 Å². The molecule has 0 radical (unpaired) electrons. The van der Waals surface area contributed by atoms with E-state index in [9.17, 15) is 14.4 Å². The van der Waals surface area contributed by atoms with Gasteiger partial charge in [-0.1, -0.05) is 48.5 Å². The van der Waals surface area contributed by atoms with Crippen molar-refractivity contribution in [2.24, 2.45) is 0 Å². The Labute approximate surface area is 188 Å². The van der Waals surface area contributed by atoms with Gasteiger partial charge in [-0.2, -0.15) is 5.01 Å². The molecule has 4 amide bonds. The number of para-hydroxylation sites is 1. The van der Waals surface area contributed by atoms with E-state index in [1.54, 1.807) is 31.2 Å². The van der Waals surface area contributed by atoms with Crippen molar-refractivity contribution in [1.29, 1.82) is 0 Å². The van der Waals surface area contributed by atoms with Gasteiger partial charge in [0.2, 0.25) is 0 Å². The number of hydrogen-bond acceptors (Lipinski definition) is 5. The molecule has 168 valence electrons. The van der Waals surface area contributed by atoms with Crippen molar-refractivity contribution in [2.75, 3.05) is 31.6 Å². The standard InChI is InChI=1S/C24H29N5O3/c1-24(19-11-4-3-5-12-19)22(31)29(23(32)25-24)26-21(30)17-27(2)16-18-10-6-7-13-20(18)28-14-8-9-15-28/h3-7,10-13H,8-9,14-17H2,1-2H3,(H,25,32)(H,26,30)/t24-/m0/s1. The van der Waals surface area contributed by atoms with Crippen LogP contribution in [0.2, 0.25) is 0 Å². The molecule has 0 aromatic heterocycles. The molecule has 2 aliphatic heterocycles. The number of nitrogens with zero attached hydrogens (tertiary/aromatic N) is 3. The molecular weight excluding hydrogens is 406 g/mol. The first-order valence-corrected chi connectivity index (χ1v) is 10.9. The number of urea groups is 1. The van der Waals surface area contributed by atoms with E-state index in [-0.39, 0.29) is 6.54 Å². The first-order chi connectivity index (χ1) is 15.4. The summed E-state index contributed by atoms with van der Waals surface area (Å²) in [6.07, 6.45) is 2.39. The van der Waals surface area contributed by atoms with Crippen LogP contribution in [0.3, 0.4) is 0 Å². The normalized spacial score (nSPS) is 20.7. The van der Waals surface area contributed by atoms with Crippen LogP contribution in [-0.2, 0) is 21.7 Å². The summed E-state index contributed by atoms with van der Waals surface area (Å²) in [7, 11) is 1.85. The van der Waals surface area contributed by atoms with Gasteiger partial charge in [-0.15, -0.1) is 0 Å². The molecule has 0 unspecified atom stereocenters. The van der Waals surface area contributed by atoms with Crippen LogP contribution < -0.4 is 15.6 Å². The minimum atomic E-state index is -1.22. The zero-order valence-electron chi connectivity index (χ0n) is 18.5. The van der Waals surface area contributed by atoms with Gasteiger partial charge in [-0.25, -0.2) is 4.79 Å². The number of imide groups is 1. The van der Waals surface area contributed by atoms with Gasteiger partial charge in [0.15, 0.2) is 0 Å². The Morgan fingerprint density at radius 2 is 1.72 bits per heavy atom. The monoisotopic (exact) mass is 435 g/mol. The third-order valence-corrected chi connectivity index (χ3v) is 6.07. The van der Waals surface area contributed by atoms with Crippen molar-refractivity contribution in [1.82, 2.24) is 20.7 Å². The van der Waals surface area contributed by atoms with Crippen LogP contribution in [0, 0.1) is 0 Å². The van der Waals surface area contributed by atoms with Gasteiger partial charge in [0.25, 0.3) is 11.8 Å². The predicted molar refractivity (Wildman–Crippen MR) is 122 cm³/mol. The molecule has 2 fully saturated rings. The van der Waals surface area contributed by atoms with Crippen molar-refractivity contribution in [3.63, 3.8) is 0 Å². The smallest absolute Gasteiger partial charge is 0.344 e. The number of amides is 4. The average Bonchev–Trinajstić information content (AvgIpc) is 3.38. The molecule has 2 aromatic carbocycles. The minimum Gasteiger partial charge on any atom is -0.371 e. The summed E-state index contributed by atoms with van der Waals surface area (Å²) in [5, 5.41) is 3.47. The molecule has 2 saturated heterocycles. The highest BCUT2D eigenvalue weighted by atomic mass is 16.2. The Morgan fingerprint density at radius 3 is 2.44 bits per heavy atom. The minimum absolute atomic E-state index is 0.0491. The zero-order chi connectivity index (χ0) is 22.7. The van der Waals surface area contributed by atoms with Crippen LogP contribution in [0.1, 0.15) is 30.9 Å². The highest BCUT2D eigenvalue weighted by molar-refractivity contribution is 6.08. The highest BCUT2D eigenvalue weighted by Crippen LogP contribution is 2.28. The van der Waals surface area contributed by atoms with Crippen LogP contribution in [0.25, 0.3) is 0 Å². The van der Waals surface area contributed by atoms with E-state index in [2.05, 4.69) is 27.8 Å². The number of nitrogens with one attached hydrogen (secondary N) is 2.